The van der Waals surface area contributed by atoms with E-state index in [2.05, 4.69) is 67.8 Å². The van der Waals surface area contributed by atoms with Crippen LogP contribution in [0.25, 0.3) is 83.9 Å². The molecule has 3 saturated heterocycles. The lowest BCUT2D eigenvalue weighted by Crippen LogP contribution is -2.58. The zero-order valence-electron chi connectivity index (χ0n) is 78.4. The summed E-state index contributed by atoms with van der Waals surface area (Å²) in [6.07, 6.45) is 8.45. The van der Waals surface area contributed by atoms with Crippen LogP contribution in [0.1, 0.15) is 151 Å². The normalized spacial score (nSPS) is 16.6. The molecule has 3 amide bonds. The molecule has 0 aliphatic carbocycles. The van der Waals surface area contributed by atoms with E-state index in [4.69, 9.17) is 86.8 Å². The summed E-state index contributed by atoms with van der Waals surface area (Å²) in [6, 6.07) is 13.3. The Hall–Kier alpha value is -13.8. The number of carbonyl (C=O) groups is 3. The minimum Gasteiger partial charge on any atom is -0.396 e. The Balaban J connectivity index is 0.000000178. The number of benzene rings is 3. The first-order chi connectivity index (χ1) is 66.5. The van der Waals surface area contributed by atoms with Crippen LogP contribution < -0.4 is 48.6 Å². The smallest absolute Gasteiger partial charge is 0.276 e. The van der Waals surface area contributed by atoms with Gasteiger partial charge in [-0.1, -0.05) is 131 Å². The van der Waals surface area contributed by atoms with Crippen LogP contribution in [0.4, 0.5) is 73.6 Å². The number of nitriles is 3. The molecule has 0 unspecified atom stereocenters. The zero-order valence-corrected chi connectivity index (χ0v) is 82.9. The molecule has 42 heteroatoms. The fraction of sp³-hybridized carbons (Fsp3) is 0.303. The number of piperazine rings is 3. The molecule has 12 aromatic rings. The van der Waals surface area contributed by atoms with Gasteiger partial charge in [-0.3, -0.25) is 57.4 Å². The average molecular weight is 2050 g/mol. The van der Waals surface area contributed by atoms with Crippen LogP contribution in [-0.4, -0.2) is 152 Å². The van der Waals surface area contributed by atoms with E-state index >= 15 is 4.39 Å². The number of nitrogens with zero attached hydrogens (tertiary/aromatic N) is 18. The van der Waals surface area contributed by atoms with Gasteiger partial charge in [-0.05, 0) is 151 Å². The highest BCUT2D eigenvalue weighted by molar-refractivity contribution is 6.39. The Morgan fingerprint density at radius 1 is 0.383 bits per heavy atom. The van der Waals surface area contributed by atoms with E-state index in [9.17, 15) is 79.7 Å². The van der Waals surface area contributed by atoms with Crippen molar-refractivity contribution >= 4 is 155 Å². The van der Waals surface area contributed by atoms with Crippen molar-refractivity contribution in [2.75, 3.05) is 71.2 Å². The molecule has 9 aromatic heterocycles. The number of fused-ring (bicyclic) bond motifs is 3. The Morgan fingerprint density at radius 3 is 0.858 bits per heavy atom. The lowest BCUT2D eigenvalue weighted by molar-refractivity contribution is -0.131. The monoisotopic (exact) mass is 2050 g/mol. The van der Waals surface area contributed by atoms with Crippen LogP contribution in [0.5, 0.6) is 0 Å². The number of hydrogen-bond donors (Lipinski definition) is 3. The largest absolute Gasteiger partial charge is 0.396 e. The van der Waals surface area contributed by atoms with Gasteiger partial charge in [0.05, 0.1) is 116 Å². The van der Waals surface area contributed by atoms with Gasteiger partial charge in [0.25, 0.3) is 16.7 Å². The molecular formula is C99H90Cl6F9N21O6. The fourth-order valence-electron chi connectivity index (χ4n) is 18.9. The highest BCUT2D eigenvalue weighted by Crippen LogP contribution is 2.49. The van der Waals surface area contributed by atoms with E-state index < -0.39 is 124 Å². The molecule has 0 bridgehead atoms. The van der Waals surface area contributed by atoms with Gasteiger partial charge < -0.3 is 46.6 Å². The van der Waals surface area contributed by atoms with E-state index in [1.54, 1.807) is 77.2 Å². The quantitative estimate of drug-likeness (QED) is 0.0282. The number of nitrogens with two attached hydrogens (primary N) is 3. The van der Waals surface area contributed by atoms with Crippen molar-refractivity contribution in [3.8, 4) is 69.0 Å². The van der Waals surface area contributed by atoms with Gasteiger partial charge in [0.2, 0.25) is 17.7 Å². The predicted molar refractivity (Wildman–Crippen MR) is 530 cm³/mol. The second kappa shape index (κ2) is 40.8. The summed E-state index contributed by atoms with van der Waals surface area (Å²) in [6.45, 7) is 39.7. The van der Waals surface area contributed by atoms with Crippen LogP contribution in [0.2, 0.25) is 30.1 Å². The van der Waals surface area contributed by atoms with Crippen LogP contribution in [0.15, 0.2) is 107 Å². The van der Waals surface area contributed by atoms with Gasteiger partial charge in [-0.25, -0.2) is 54.5 Å². The molecule has 0 saturated carbocycles. The van der Waals surface area contributed by atoms with Crippen LogP contribution in [0.3, 0.4) is 0 Å². The molecule has 3 aliphatic heterocycles. The second-order valence-corrected chi connectivity index (χ2v) is 37.7. The Labute approximate surface area is 832 Å². The Bertz CT molecular complexity index is 6860. The van der Waals surface area contributed by atoms with E-state index in [-0.39, 0.29) is 204 Å². The number of amides is 3. The molecule has 6 atom stereocenters. The predicted octanol–water partition coefficient (Wildman–Crippen LogP) is 20.0. The molecule has 15 rings (SSSR count). The second-order valence-electron chi connectivity index (χ2n) is 35.3. The third-order valence-corrected chi connectivity index (χ3v) is 26.9. The number of nitrogen functional groups attached to an aromatic ring is 3. The van der Waals surface area contributed by atoms with Crippen molar-refractivity contribution in [3.63, 3.8) is 0 Å². The van der Waals surface area contributed by atoms with Crippen molar-refractivity contribution < 1.29 is 53.9 Å². The van der Waals surface area contributed by atoms with Crippen molar-refractivity contribution in [1.82, 2.24) is 58.3 Å². The molecule has 141 heavy (non-hydrogen) atoms. The fourth-order valence-corrected chi connectivity index (χ4v) is 20.3. The first-order valence-electron chi connectivity index (χ1n) is 43.9. The topological polar surface area (TPSA) is 363 Å². The number of pyridine rings is 9. The van der Waals surface area contributed by atoms with Crippen LogP contribution >= 0.6 is 69.6 Å². The SMILES string of the molecule is C=CC(=O)N1[C@H](C)CN(c2c(C#N)c(=O)n(-c3c(C)ccnc3C(C)C)c3nc(-c4c(N)c(F)c(F)c(Cl)c4F)c(Cl)cc23)C[C@@H]1C.C=CC(=O)N1[C@H](C)CN(c2c(C#N)c(=O)n(-c3c(C)ccnc3C(C)C)c3nc(-c4c(N)c(F)c(F)c(F)c4Cl)c(Cl)cc23)C[C@@H]1C.C=CC(=O)N1[C@H](C)CN(c2c(C#N)c(=O)n(-c3c(C)ccnc3C(C)C)c3nc(-c4c(N)c(F)c(F)c(F)c4Cl)c(Cl)cc23)C[C@@H]1C. The average Bonchev–Trinajstić information content (AvgIpc) is 0.725. The number of carbonyl (C=O) groups excluding carboxylic acids is 3. The summed E-state index contributed by atoms with van der Waals surface area (Å²) >= 11 is 38.3. The molecule has 0 radical (unpaired) electrons. The number of anilines is 6. The first kappa shape index (κ1) is 105. The summed E-state index contributed by atoms with van der Waals surface area (Å²) in [5.74, 6) is -16.5. The maximum Gasteiger partial charge on any atom is 0.276 e. The number of rotatable bonds is 15. The summed E-state index contributed by atoms with van der Waals surface area (Å²) in [5, 5.41) is 28.7. The molecule has 3 aliphatic rings. The van der Waals surface area contributed by atoms with Gasteiger partial charge in [-0.15, -0.1) is 0 Å². The lowest BCUT2D eigenvalue weighted by Gasteiger charge is -2.45. The highest BCUT2D eigenvalue weighted by atomic mass is 35.5. The molecular weight excluding hydrogens is 1960 g/mol. The maximum absolute atomic E-state index is 15.5. The number of aromatic nitrogens is 9. The summed E-state index contributed by atoms with van der Waals surface area (Å²) < 4.78 is 136. The van der Waals surface area contributed by atoms with E-state index in [1.165, 1.54) is 50.1 Å². The molecule has 12 heterocycles. The Kier molecular flexibility index (Phi) is 30.3. The van der Waals surface area contributed by atoms with E-state index in [0.29, 0.717) is 50.8 Å². The van der Waals surface area contributed by atoms with Crippen molar-refractivity contribution in [2.24, 2.45) is 0 Å². The van der Waals surface area contributed by atoms with Gasteiger partial charge in [0, 0.05) is 121 Å². The van der Waals surface area contributed by atoms with Gasteiger partial charge >= 0.3 is 0 Å². The van der Waals surface area contributed by atoms with Gasteiger partial charge in [0.1, 0.15) is 56.9 Å². The van der Waals surface area contributed by atoms with Gasteiger partial charge in [0.15, 0.2) is 52.4 Å². The number of hydrogen-bond acceptors (Lipinski definition) is 21. The molecule has 27 nitrogen and oxygen atoms in total. The van der Waals surface area contributed by atoms with Gasteiger partial charge in [-0.2, -0.15) is 15.8 Å². The Morgan fingerprint density at radius 2 is 0.617 bits per heavy atom. The van der Waals surface area contributed by atoms with E-state index in [1.807, 2.05) is 92.9 Å². The minimum absolute atomic E-state index is 0.0492. The molecule has 6 N–H and O–H groups in total. The molecule has 3 fully saturated rings. The number of halogens is 15. The summed E-state index contributed by atoms with van der Waals surface area (Å²) in [7, 11) is 0. The van der Waals surface area contributed by atoms with Crippen LogP contribution in [-0.2, 0) is 14.4 Å². The number of aryl methyl sites for hydroxylation is 3. The summed E-state index contributed by atoms with van der Waals surface area (Å²) in [4.78, 5) is 119. The third-order valence-electron chi connectivity index (χ3n) is 25.0. The minimum atomic E-state index is -1.86. The maximum atomic E-state index is 15.5. The standard InChI is InChI=1S/3C33H30Cl2F3N7O2/c1-7-21(46)44-16(5)12-43(13-17(44)6)31-18-10-20(34)29(22-24(36)23(35)25(37)26(38)27(22)40)42-32(18)45(33(47)19(31)11-39)30-15(4)8-9-41-28(30)14(2)3;2*1-7-21(46)44-16(5)12-43(13-17(44)6)31-18-10-20(34)29(22-23(35)24(36)25(37)26(38)27(22)40)42-32(18)45(33(47)19(31)11-39)30-15(4)8-9-41-28(30)14(2)3/h3*7-10,14,16-17H,1,12-13,40H2,2-6H3/t3*16-,17+. The first-order valence-corrected chi connectivity index (χ1v) is 46.1. The summed E-state index contributed by atoms with van der Waals surface area (Å²) in [5.41, 5.74) is 14.2. The molecule has 732 valence electrons. The van der Waals surface area contributed by atoms with Crippen molar-refractivity contribution in [1.29, 1.82) is 15.8 Å². The molecule has 0 spiro atoms. The highest BCUT2D eigenvalue weighted by Gasteiger charge is 2.42. The third kappa shape index (κ3) is 18.1. The van der Waals surface area contributed by atoms with Crippen molar-refractivity contribution in [3.05, 3.63) is 257 Å². The zero-order chi connectivity index (χ0) is 104. The molecule has 3 aromatic carbocycles. The van der Waals surface area contributed by atoms with Crippen LogP contribution in [0, 0.1) is 107 Å². The van der Waals surface area contributed by atoms with Crippen molar-refractivity contribution in [2.45, 2.75) is 158 Å². The lowest BCUT2D eigenvalue weighted by atomic mass is 10.0. The van der Waals surface area contributed by atoms with E-state index in [0.717, 1.165) is 0 Å².